The molecule has 0 amide bonds. The lowest BCUT2D eigenvalue weighted by Gasteiger charge is -2.17. The fraction of sp³-hybridized carbons (Fsp3) is 0.636. The predicted octanol–water partition coefficient (Wildman–Crippen LogP) is 3.00. The van der Waals surface area contributed by atoms with Crippen LogP contribution in [0.15, 0.2) is 10.7 Å². The first-order valence-corrected chi connectivity index (χ1v) is 6.95. The first-order chi connectivity index (χ1) is 8.15. The van der Waals surface area contributed by atoms with Crippen LogP contribution in [0.1, 0.15) is 32.1 Å². The third-order valence-corrected chi connectivity index (χ3v) is 3.76. The lowest BCUT2D eigenvalue weighted by atomic mass is 10.1. The van der Waals surface area contributed by atoms with Crippen LogP contribution in [0.2, 0.25) is 5.28 Å². The Hall–Kier alpha value is -0.390. The Morgan fingerprint density at radius 1 is 1.35 bits per heavy atom. The minimum Gasteiger partial charge on any atom is -0.393 e. The highest BCUT2D eigenvalue weighted by Crippen LogP contribution is 2.25. The molecule has 0 spiro atoms. The summed E-state index contributed by atoms with van der Waals surface area (Å²) in [6.45, 7) is 0. The van der Waals surface area contributed by atoms with E-state index in [2.05, 4.69) is 31.2 Å². The zero-order valence-electron chi connectivity index (χ0n) is 9.37. The molecule has 17 heavy (non-hydrogen) atoms. The van der Waals surface area contributed by atoms with Crippen LogP contribution in [0.25, 0.3) is 0 Å². The number of aliphatic hydroxyl groups excluding tert-OH is 1. The average molecular weight is 321 g/mol. The van der Waals surface area contributed by atoms with Gasteiger partial charge in [-0.2, -0.15) is 4.98 Å². The van der Waals surface area contributed by atoms with E-state index >= 15 is 0 Å². The van der Waals surface area contributed by atoms with E-state index in [0.29, 0.717) is 6.04 Å². The first-order valence-electron chi connectivity index (χ1n) is 5.78. The number of nitrogens with one attached hydrogen (secondary N) is 1. The molecule has 1 aliphatic carbocycles. The van der Waals surface area contributed by atoms with Gasteiger partial charge in [0.1, 0.15) is 5.82 Å². The van der Waals surface area contributed by atoms with Crippen molar-refractivity contribution in [3.63, 3.8) is 0 Å². The number of aromatic nitrogens is 2. The molecule has 94 valence electrons. The minimum atomic E-state index is -0.153. The molecule has 1 aliphatic rings. The summed E-state index contributed by atoms with van der Waals surface area (Å²) in [6, 6.07) is 0.342. The van der Waals surface area contributed by atoms with Gasteiger partial charge in [-0.05, 0) is 59.6 Å². The van der Waals surface area contributed by atoms with Crippen molar-refractivity contribution in [2.75, 3.05) is 5.32 Å². The Labute approximate surface area is 114 Å². The fourth-order valence-corrected chi connectivity index (χ4v) is 2.51. The largest absolute Gasteiger partial charge is 0.393 e. The molecular weight excluding hydrogens is 305 g/mol. The Morgan fingerprint density at radius 2 is 2.18 bits per heavy atom. The van der Waals surface area contributed by atoms with Gasteiger partial charge in [0.25, 0.3) is 0 Å². The van der Waals surface area contributed by atoms with Gasteiger partial charge in [-0.1, -0.05) is 0 Å². The zero-order chi connectivity index (χ0) is 12.3. The molecular formula is C11H15BrClN3O. The van der Waals surface area contributed by atoms with Crippen LogP contribution >= 0.6 is 27.5 Å². The molecule has 1 saturated carbocycles. The van der Waals surface area contributed by atoms with Crippen molar-refractivity contribution < 1.29 is 5.11 Å². The molecule has 0 aliphatic heterocycles. The van der Waals surface area contributed by atoms with Gasteiger partial charge in [0.2, 0.25) is 5.28 Å². The van der Waals surface area contributed by atoms with E-state index in [9.17, 15) is 5.11 Å². The van der Waals surface area contributed by atoms with Crippen LogP contribution in [0.4, 0.5) is 5.82 Å². The van der Waals surface area contributed by atoms with E-state index in [1.54, 1.807) is 6.20 Å². The monoisotopic (exact) mass is 319 g/mol. The zero-order valence-corrected chi connectivity index (χ0v) is 11.7. The van der Waals surface area contributed by atoms with E-state index in [1.165, 1.54) is 0 Å². The van der Waals surface area contributed by atoms with Crippen molar-refractivity contribution >= 4 is 33.3 Å². The summed E-state index contributed by atoms with van der Waals surface area (Å²) in [6.07, 6.45) is 6.26. The average Bonchev–Trinajstić information content (AvgIpc) is 2.49. The van der Waals surface area contributed by atoms with Gasteiger partial charge in [0.15, 0.2) is 0 Å². The van der Waals surface area contributed by atoms with E-state index in [0.717, 1.165) is 42.4 Å². The Bertz CT molecular complexity index is 391. The third kappa shape index (κ3) is 3.79. The number of nitrogens with zero attached hydrogens (tertiary/aromatic N) is 2. The van der Waals surface area contributed by atoms with Gasteiger partial charge in [0.05, 0.1) is 10.6 Å². The van der Waals surface area contributed by atoms with Gasteiger partial charge in [0, 0.05) is 12.2 Å². The van der Waals surface area contributed by atoms with Crippen LogP contribution in [0.3, 0.4) is 0 Å². The van der Waals surface area contributed by atoms with E-state index in [1.807, 2.05) is 0 Å². The summed E-state index contributed by atoms with van der Waals surface area (Å²) in [5, 5.41) is 13.2. The van der Waals surface area contributed by atoms with Crippen molar-refractivity contribution in [1.82, 2.24) is 9.97 Å². The fourth-order valence-electron chi connectivity index (χ4n) is 2.07. The summed E-state index contributed by atoms with van der Waals surface area (Å²) < 4.78 is 0.812. The van der Waals surface area contributed by atoms with Crippen LogP contribution in [-0.4, -0.2) is 27.2 Å². The Balaban J connectivity index is 2.02. The van der Waals surface area contributed by atoms with Crippen LogP contribution in [0.5, 0.6) is 0 Å². The molecule has 6 heteroatoms. The summed E-state index contributed by atoms with van der Waals surface area (Å²) in [4.78, 5) is 8.04. The maximum Gasteiger partial charge on any atom is 0.224 e. The second-order valence-electron chi connectivity index (χ2n) is 4.34. The minimum absolute atomic E-state index is 0.153. The van der Waals surface area contributed by atoms with Crippen molar-refractivity contribution in [2.45, 2.75) is 44.2 Å². The molecule has 1 heterocycles. The quantitative estimate of drug-likeness (QED) is 0.650. The van der Waals surface area contributed by atoms with Crippen LogP contribution in [-0.2, 0) is 0 Å². The van der Waals surface area contributed by atoms with Gasteiger partial charge in [-0.25, -0.2) is 4.98 Å². The highest BCUT2D eigenvalue weighted by atomic mass is 79.9. The molecule has 2 N–H and O–H groups in total. The second kappa shape index (κ2) is 5.98. The number of hydrogen-bond donors (Lipinski definition) is 2. The van der Waals surface area contributed by atoms with E-state index in [4.69, 9.17) is 11.6 Å². The van der Waals surface area contributed by atoms with E-state index in [-0.39, 0.29) is 11.4 Å². The smallest absolute Gasteiger partial charge is 0.224 e. The SMILES string of the molecule is O[C@H]1CCC[C@H](Nc2nc(Cl)ncc2Br)CC1. The standard InChI is InChI=1S/C11H15BrClN3O/c12-9-6-14-11(13)16-10(9)15-7-2-1-3-8(17)5-4-7/h6-8,17H,1-5H2,(H,14,15,16)/t7-,8-/m0/s1. The molecule has 1 fully saturated rings. The summed E-state index contributed by atoms with van der Waals surface area (Å²) >= 11 is 9.16. The molecule has 1 aromatic heterocycles. The van der Waals surface area contributed by atoms with Gasteiger partial charge >= 0.3 is 0 Å². The van der Waals surface area contributed by atoms with Crippen LogP contribution < -0.4 is 5.32 Å². The lowest BCUT2D eigenvalue weighted by Crippen LogP contribution is -2.20. The van der Waals surface area contributed by atoms with Crippen LogP contribution in [0, 0.1) is 0 Å². The maximum absolute atomic E-state index is 9.59. The second-order valence-corrected chi connectivity index (χ2v) is 5.53. The molecule has 0 unspecified atom stereocenters. The molecule has 0 saturated heterocycles. The normalized spacial score (nSPS) is 25.4. The van der Waals surface area contributed by atoms with Crippen molar-refractivity contribution in [1.29, 1.82) is 0 Å². The molecule has 2 atom stereocenters. The Kier molecular flexibility index (Phi) is 4.59. The first kappa shape index (κ1) is 13.1. The molecule has 4 nitrogen and oxygen atoms in total. The Morgan fingerprint density at radius 3 is 3.00 bits per heavy atom. The van der Waals surface area contributed by atoms with Gasteiger partial charge in [-0.3, -0.25) is 0 Å². The van der Waals surface area contributed by atoms with Gasteiger partial charge < -0.3 is 10.4 Å². The van der Waals surface area contributed by atoms with Gasteiger partial charge in [-0.15, -0.1) is 0 Å². The molecule has 2 rings (SSSR count). The van der Waals surface area contributed by atoms with Crippen molar-refractivity contribution in [2.24, 2.45) is 0 Å². The number of halogens is 2. The van der Waals surface area contributed by atoms with Crippen molar-refractivity contribution in [3.8, 4) is 0 Å². The number of rotatable bonds is 2. The third-order valence-electron chi connectivity index (χ3n) is 2.99. The predicted molar refractivity (Wildman–Crippen MR) is 71.2 cm³/mol. The molecule has 0 radical (unpaired) electrons. The topological polar surface area (TPSA) is 58.0 Å². The summed E-state index contributed by atoms with van der Waals surface area (Å²) in [7, 11) is 0. The molecule has 1 aromatic rings. The highest BCUT2D eigenvalue weighted by Gasteiger charge is 2.18. The van der Waals surface area contributed by atoms with Crippen molar-refractivity contribution in [3.05, 3.63) is 16.0 Å². The summed E-state index contributed by atoms with van der Waals surface area (Å²) in [5.74, 6) is 0.728. The maximum atomic E-state index is 9.59. The molecule has 0 aromatic carbocycles. The lowest BCUT2D eigenvalue weighted by molar-refractivity contribution is 0.157. The van der Waals surface area contributed by atoms with E-state index < -0.39 is 0 Å². The summed E-state index contributed by atoms with van der Waals surface area (Å²) in [5.41, 5.74) is 0. The highest BCUT2D eigenvalue weighted by molar-refractivity contribution is 9.10. The number of hydrogen-bond acceptors (Lipinski definition) is 4. The molecule has 0 bridgehead atoms. The number of aliphatic hydroxyl groups is 1. The number of anilines is 1.